The van der Waals surface area contributed by atoms with Crippen molar-refractivity contribution in [3.8, 4) is 0 Å². The number of aliphatic carboxylic acids is 1. The summed E-state index contributed by atoms with van der Waals surface area (Å²) in [5.41, 5.74) is -0.418. The number of methoxy groups -OCH3 is 1. The van der Waals surface area contributed by atoms with E-state index in [1.165, 1.54) is 0 Å². The molecule has 2 saturated heterocycles. The van der Waals surface area contributed by atoms with Crippen LogP contribution in [0.1, 0.15) is 25.8 Å². The summed E-state index contributed by atoms with van der Waals surface area (Å²) >= 11 is 0. The van der Waals surface area contributed by atoms with Crippen molar-refractivity contribution in [1.82, 2.24) is 9.97 Å². The minimum absolute atomic E-state index is 0.477. The molecule has 2 aliphatic heterocycles. The van der Waals surface area contributed by atoms with Gasteiger partial charge in [-0.1, -0.05) is 0 Å². The standard InChI is InChI=1S/C18H28N4O4/c1-18(2,16(23)24)14-10-19-17(22-5-4-13(11-22)12-25-3)20-15(14)21-6-8-26-9-7-21/h10,13H,4-9,11-12H2,1-3H3,(H,23,24)/t13-/m1/s1. The summed E-state index contributed by atoms with van der Waals surface area (Å²) in [5.74, 6) is 0.964. The smallest absolute Gasteiger partial charge is 0.313 e. The number of carboxylic acid groups (broad SMARTS) is 1. The summed E-state index contributed by atoms with van der Waals surface area (Å²) in [6.45, 7) is 8.51. The number of carbonyl (C=O) groups is 1. The first-order valence-electron chi connectivity index (χ1n) is 9.11. The van der Waals surface area contributed by atoms with Gasteiger partial charge < -0.3 is 24.4 Å². The largest absolute Gasteiger partial charge is 0.481 e. The first-order chi connectivity index (χ1) is 12.4. The van der Waals surface area contributed by atoms with Gasteiger partial charge in [-0.05, 0) is 20.3 Å². The molecule has 0 saturated carbocycles. The van der Waals surface area contributed by atoms with Crippen LogP contribution in [0, 0.1) is 5.92 Å². The summed E-state index contributed by atoms with van der Waals surface area (Å²) in [6.07, 6.45) is 2.73. The third-order valence-corrected chi connectivity index (χ3v) is 5.25. The van der Waals surface area contributed by atoms with Crippen LogP contribution in [0.4, 0.5) is 11.8 Å². The fraction of sp³-hybridized carbons (Fsp3) is 0.722. The molecule has 3 heterocycles. The monoisotopic (exact) mass is 364 g/mol. The van der Waals surface area contributed by atoms with Crippen LogP contribution in [0.2, 0.25) is 0 Å². The molecule has 0 aliphatic carbocycles. The maximum Gasteiger partial charge on any atom is 0.313 e. The lowest BCUT2D eigenvalue weighted by atomic mass is 9.85. The van der Waals surface area contributed by atoms with Crippen LogP contribution in [-0.2, 0) is 19.7 Å². The zero-order valence-corrected chi connectivity index (χ0v) is 15.8. The lowest BCUT2D eigenvalue weighted by Gasteiger charge is -2.33. The van der Waals surface area contributed by atoms with E-state index in [4.69, 9.17) is 14.5 Å². The van der Waals surface area contributed by atoms with E-state index in [0.717, 1.165) is 26.1 Å². The fourth-order valence-corrected chi connectivity index (χ4v) is 3.47. The number of aromatic nitrogens is 2. The average Bonchev–Trinajstić information content (AvgIpc) is 3.11. The molecule has 2 aliphatic rings. The van der Waals surface area contributed by atoms with Gasteiger partial charge >= 0.3 is 5.97 Å². The molecule has 144 valence electrons. The quantitative estimate of drug-likeness (QED) is 0.804. The van der Waals surface area contributed by atoms with E-state index in [1.54, 1.807) is 27.2 Å². The molecule has 26 heavy (non-hydrogen) atoms. The Bertz CT molecular complexity index is 646. The van der Waals surface area contributed by atoms with E-state index >= 15 is 0 Å². The van der Waals surface area contributed by atoms with Gasteiger partial charge in [-0.25, -0.2) is 4.98 Å². The van der Waals surface area contributed by atoms with E-state index in [-0.39, 0.29) is 0 Å². The average molecular weight is 364 g/mol. The van der Waals surface area contributed by atoms with Crippen molar-refractivity contribution in [3.05, 3.63) is 11.8 Å². The van der Waals surface area contributed by atoms with Crippen molar-refractivity contribution in [3.63, 3.8) is 0 Å². The lowest BCUT2D eigenvalue weighted by Crippen LogP contribution is -2.40. The Labute approximate surface area is 154 Å². The molecule has 0 spiro atoms. The maximum atomic E-state index is 11.8. The molecule has 2 fully saturated rings. The molecule has 0 amide bonds. The molecular formula is C18H28N4O4. The van der Waals surface area contributed by atoms with E-state index in [2.05, 4.69) is 14.8 Å². The highest BCUT2D eigenvalue weighted by Gasteiger charge is 2.36. The minimum atomic E-state index is -1.06. The molecule has 1 aromatic rings. The zero-order chi connectivity index (χ0) is 18.7. The fourth-order valence-electron chi connectivity index (χ4n) is 3.47. The van der Waals surface area contributed by atoms with Crippen LogP contribution in [0.15, 0.2) is 6.20 Å². The maximum absolute atomic E-state index is 11.8. The first kappa shape index (κ1) is 18.8. The van der Waals surface area contributed by atoms with Gasteiger partial charge in [0.2, 0.25) is 5.95 Å². The summed E-state index contributed by atoms with van der Waals surface area (Å²) in [5, 5.41) is 9.67. The van der Waals surface area contributed by atoms with Crippen molar-refractivity contribution >= 4 is 17.7 Å². The van der Waals surface area contributed by atoms with Gasteiger partial charge in [-0.3, -0.25) is 4.79 Å². The molecule has 0 radical (unpaired) electrons. The molecular weight excluding hydrogens is 336 g/mol. The number of ether oxygens (including phenoxy) is 2. The van der Waals surface area contributed by atoms with E-state index in [0.29, 0.717) is 49.6 Å². The number of hydrogen-bond donors (Lipinski definition) is 1. The molecule has 1 aromatic heterocycles. The first-order valence-corrected chi connectivity index (χ1v) is 9.11. The van der Waals surface area contributed by atoms with Crippen molar-refractivity contribution in [2.45, 2.75) is 25.7 Å². The molecule has 0 aromatic carbocycles. The number of nitrogens with zero attached hydrogens (tertiary/aromatic N) is 4. The van der Waals surface area contributed by atoms with Crippen LogP contribution in [0.5, 0.6) is 0 Å². The van der Waals surface area contributed by atoms with Gasteiger partial charge in [-0.15, -0.1) is 0 Å². The van der Waals surface area contributed by atoms with Gasteiger partial charge in [0.05, 0.1) is 25.2 Å². The predicted octanol–water partition coefficient (Wildman–Crippen LogP) is 1.15. The van der Waals surface area contributed by atoms with Crippen molar-refractivity contribution in [2.75, 3.05) is 62.9 Å². The highest BCUT2D eigenvalue weighted by Crippen LogP contribution is 2.33. The van der Waals surface area contributed by atoms with Crippen molar-refractivity contribution < 1.29 is 19.4 Å². The molecule has 0 unspecified atom stereocenters. The highest BCUT2D eigenvalue weighted by molar-refractivity contribution is 5.82. The Hall–Kier alpha value is -1.93. The molecule has 8 heteroatoms. The molecule has 1 atom stereocenters. The highest BCUT2D eigenvalue weighted by atomic mass is 16.5. The summed E-state index contributed by atoms with van der Waals surface area (Å²) < 4.78 is 10.7. The number of morpholine rings is 1. The van der Waals surface area contributed by atoms with Crippen LogP contribution in [-0.4, -0.2) is 74.2 Å². The van der Waals surface area contributed by atoms with E-state index in [1.807, 2.05) is 0 Å². The summed E-state index contributed by atoms with van der Waals surface area (Å²) in [6, 6.07) is 0. The Kier molecular flexibility index (Phi) is 5.62. The zero-order valence-electron chi connectivity index (χ0n) is 15.8. The Balaban J connectivity index is 1.93. The van der Waals surface area contributed by atoms with Crippen molar-refractivity contribution in [1.29, 1.82) is 0 Å². The molecule has 0 bridgehead atoms. The second kappa shape index (κ2) is 7.75. The molecule has 1 N–H and O–H groups in total. The molecule has 3 rings (SSSR count). The lowest BCUT2D eigenvalue weighted by molar-refractivity contribution is -0.142. The second-order valence-electron chi connectivity index (χ2n) is 7.49. The SMILES string of the molecule is COC[C@@H]1CCN(c2ncc(C(C)(C)C(=O)O)c(N3CCOCC3)n2)C1. The van der Waals surface area contributed by atoms with Gasteiger partial charge in [0.25, 0.3) is 0 Å². The second-order valence-corrected chi connectivity index (χ2v) is 7.49. The number of anilines is 2. The van der Waals surface area contributed by atoms with Gasteiger partial charge in [0, 0.05) is 51.0 Å². The van der Waals surface area contributed by atoms with Crippen LogP contribution in [0.3, 0.4) is 0 Å². The van der Waals surface area contributed by atoms with Crippen LogP contribution < -0.4 is 9.80 Å². The molecule has 8 nitrogen and oxygen atoms in total. The number of carboxylic acids is 1. The van der Waals surface area contributed by atoms with Crippen molar-refractivity contribution in [2.24, 2.45) is 5.92 Å². The normalized spacial score (nSPS) is 21.3. The Morgan fingerprint density at radius 2 is 2.08 bits per heavy atom. The van der Waals surface area contributed by atoms with Crippen LogP contribution >= 0.6 is 0 Å². The Morgan fingerprint density at radius 3 is 2.73 bits per heavy atom. The predicted molar refractivity (Wildman–Crippen MR) is 97.9 cm³/mol. The summed E-state index contributed by atoms with van der Waals surface area (Å²) in [4.78, 5) is 25.4. The van der Waals surface area contributed by atoms with Gasteiger partial charge in [-0.2, -0.15) is 4.98 Å². The van der Waals surface area contributed by atoms with Crippen LogP contribution in [0.25, 0.3) is 0 Å². The third-order valence-electron chi connectivity index (χ3n) is 5.25. The van der Waals surface area contributed by atoms with E-state index < -0.39 is 11.4 Å². The number of rotatable bonds is 6. The topological polar surface area (TPSA) is 88.0 Å². The Morgan fingerprint density at radius 1 is 1.35 bits per heavy atom. The van der Waals surface area contributed by atoms with Gasteiger partial charge in [0.15, 0.2) is 0 Å². The van der Waals surface area contributed by atoms with Gasteiger partial charge in [0.1, 0.15) is 5.82 Å². The minimum Gasteiger partial charge on any atom is -0.481 e. The summed E-state index contributed by atoms with van der Waals surface area (Å²) in [7, 11) is 1.72. The van der Waals surface area contributed by atoms with E-state index in [9.17, 15) is 9.90 Å². The third kappa shape index (κ3) is 3.76. The number of hydrogen-bond acceptors (Lipinski definition) is 7.